The van der Waals surface area contributed by atoms with E-state index in [2.05, 4.69) is 27.0 Å². The van der Waals surface area contributed by atoms with Gasteiger partial charge in [0.1, 0.15) is 11.6 Å². The van der Waals surface area contributed by atoms with Crippen LogP contribution < -0.4 is 5.73 Å². The van der Waals surface area contributed by atoms with Crippen LogP contribution in [0.25, 0.3) is 11.1 Å². The largest absolute Gasteiger partial charge is 0.431 e. The Hall–Kier alpha value is -1.97. The second kappa shape index (κ2) is 5.19. The van der Waals surface area contributed by atoms with Gasteiger partial charge < -0.3 is 10.2 Å². The number of nitrogens with two attached hydrogens (primary N) is 1. The predicted molar refractivity (Wildman–Crippen MR) is 81.4 cm³/mol. The van der Waals surface area contributed by atoms with Crippen molar-refractivity contribution in [3.8, 4) is 6.07 Å². The number of hydrogen-bond acceptors (Lipinski definition) is 5. The third-order valence-electron chi connectivity index (χ3n) is 2.66. The molecule has 1 heterocycles. The summed E-state index contributed by atoms with van der Waals surface area (Å²) in [4.78, 5) is 5.32. The van der Waals surface area contributed by atoms with E-state index in [0.29, 0.717) is 22.1 Å². The summed E-state index contributed by atoms with van der Waals surface area (Å²) in [5, 5.41) is 9.43. The van der Waals surface area contributed by atoms with Crippen molar-refractivity contribution in [2.45, 2.75) is 10.1 Å². The van der Waals surface area contributed by atoms with Gasteiger partial charge in [0, 0.05) is 21.1 Å². The summed E-state index contributed by atoms with van der Waals surface area (Å²) in [5.41, 5.74) is 8.39. The van der Waals surface area contributed by atoms with Crippen LogP contribution in [0.3, 0.4) is 0 Å². The first-order valence-corrected chi connectivity index (χ1v) is 7.30. The molecule has 0 amide bonds. The van der Waals surface area contributed by atoms with Crippen LogP contribution in [0.2, 0.25) is 0 Å². The van der Waals surface area contributed by atoms with Crippen LogP contribution >= 0.6 is 27.7 Å². The maximum Gasteiger partial charge on any atom is 0.261 e. The minimum Gasteiger partial charge on any atom is -0.431 e. The highest BCUT2D eigenvalue weighted by molar-refractivity contribution is 9.10. The van der Waals surface area contributed by atoms with Crippen molar-refractivity contribution >= 4 is 44.5 Å². The molecule has 2 N–H and O–H groups in total. The average Bonchev–Trinajstić information content (AvgIpc) is 2.80. The van der Waals surface area contributed by atoms with Crippen molar-refractivity contribution in [2.75, 3.05) is 5.73 Å². The minimum atomic E-state index is 0.544. The molecule has 3 aromatic rings. The lowest BCUT2D eigenvalue weighted by atomic mass is 10.2. The summed E-state index contributed by atoms with van der Waals surface area (Å²) in [7, 11) is 0. The predicted octanol–water partition coefficient (Wildman–Crippen LogP) is 4.20. The Balaban J connectivity index is 1.93. The van der Waals surface area contributed by atoms with E-state index < -0.39 is 0 Å². The van der Waals surface area contributed by atoms with E-state index in [1.165, 1.54) is 11.8 Å². The van der Waals surface area contributed by atoms with Gasteiger partial charge in [0.2, 0.25) is 0 Å². The summed E-state index contributed by atoms with van der Waals surface area (Å²) >= 11 is 4.76. The van der Waals surface area contributed by atoms with Gasteiger partial charge in [-0.3, -0.25) is 0 Å². The summed E-state index contributed by atoms with van der Waals surface area (Å²) in [6.45, 7) is 0. The fraction of sp³-hybridized carbons (Fsp3) is 0. The Labute approximate surface area is 127 Å². The highest BCUT2D eigenvalue weighted by Gasteiger charge is 2.09. The van der Waals surface area contributed by atoms with Gasteiger partial charge in [-0.2, -0.15) is 5.26 Å². The van der Waals surface area contributed by atoms with Gasteiger partial charge >= 0.3 is 0 Å². The Morgan fingerprint density at radius 1 is 1.25 bits per heavy atom. The lowest BCUT2D eigenvalue weighted by Gasteiger charge is -1.99. The van der Waals surface area contributed by atoms with Gasteiger partial charge in [-0.05, 0) is 58.0 Å². The molecule has 0 saturated heterocycles. The van der Waals surface area contributed by atoms with Crippen molar-refractivity contribution in [1.82, 2.24) is 4.98 Å². The quantitative estimate of drug-likeness (QED) is 0.704. The molecule has 0 fully saturated rings. The molecule has 0 bridgehead atoms. The first-order valence-electron chi connectivity index (χ1n) is 5.69. The highest BCUT2D eigenvalue weighted by atomic mass is 79.9. The standard InChI is InChI=1S/C14H8BrN3OS/c15-11-6-10(3-1-8(11)7-16)20-14-18-12-4-2-9(17)5-13(12)19-14/h1-6H,17H2. The van der Waals surface area contributed by atoms with Crippen LogP contribution in [0.1, 0.15) is 5.56 Å². The number of aromatic nitrogens is 1. The zero-order valence-electron chi connectivity index (χ0n) is 10.1. The molecule has 0 aliphatic rings. The zero-order chi connectivity index (χ0) is 14.1. The molecule has 0 atom stereocenters. The molecule has 4 nitrogen and oxygen atoms in total. The lowest BCUT2D eigenvalue weighted by molar-refractivity contribution is 0.489. The highest BCUT2D eigenvalue weighted by Crippen LogP contribution is 2.32. The van der Waals surface area contributed by atoms with Gasteiger partial charge in [0.05, 0.1) is 5.56 Å². The fourth-order valence-corrected chi connectivity index (χ4v) is 3.12. The smallest absolute Gasteiger partial charge is 0.261 e. The topological polar surface area (TPSA) is 75.8 Å². The van der Waals surface area contributed by atoms with E-state index in [-0.39, 0.29) is 0 Å². The number of nitrogen functional groups attached to an aromatic ring is 1. The van der Waals surface area contributed by atoms with Gasteiger partial charge in [-0.25, -0.2) is 4.98 Å². The maximum absolute atomic E-state index is 8.89. The van der Waals surface area contributed by atoms with Crippen molar-refractivity contribution in [1.29, 1.82) is 5.26 Å². The molecule has 1 aromatic heterocycles. The minimum absolute atomic E-state index is 0.544. The van der Waals surface area contributed by atoms with E-state index in [9.17, 15) is 0 Å². The van der Waals surface area contributed by atoms with E-state index in [1.54, 1.807) is 18.2 Å². The van der Waals surface area contributed by atoms with Crippen molar-refractivity contribution in [2.24, 2.45) is 0 Å². The number of oxazole rings is 1. The molecular formula is C14H8BrN3OS. The molecule has 6 heteroatoms. The Morgan fingerprint density at radius 2 is 2.10 bits per heavy atom. The number of nitrogens with zero attached hydrogens (tertiary/aromatic N) is 2. The monoisotopic (exact) mass is 345 g/mol. The Bertz CT molecular complexity index is 838. The number of hydrogen-bond donors (Lipinski definition) is 1. The van der Waals surface area contributed by atoms with Gasteiger partial charge in [0.15, 0.2) is 5.58 Å². The summed E-state index contributed by atoms with van der Waals surface area (Å²) in [5.74, 6) is 0. The summed E-state index contributed by atoms with van der Waals surface area (Å²) < 4.78 is 6.40. The van der Waals surface area contributed by atoms with E-state index >= 15 is 0 Å². The van der Waals surface area contributed by atoms with E-state index in [4.69, 9.17) is 15.4 Å². The SMILES string of the molecule is N#Cc1ccc(Sc2nc3ccc(N)cc3o2)cc1Br. The normalized spacial score (nSPS) is 10.6. The molecule has 0 unspecified atom stereocenters. The number of fused-ring (bicyclic) bond motifs is 1. The Kier molecular flexibility index (Phi) is 3.38. The molecule has 3 rings (SSSR count). The van der Waals surface area contributed by atoms with Crippen LogP contribution in [0.15, 0.2) is 55.4 Å². The molecule has 0 saturated carbocycles. The van der Waals surface area contributed by atoms with Crippen LogP contribution in [-0.2, 0) is 0 Å². The number of anilines is 1. The van der Waals surface area contributed by atoms with Gasteiger partial charge in [-0.15, -0.1) is 0 Å². The number of halogens is 1. The molecule has 98 valence electrons. The van der Waals surface area contributed by atoms with Gasteiger partial charge in [-0.1, -0.05) is 0 Å². The Morgan fingerprint density at radius 3 is 2.85 bits per heavy atom. The second-order valence-corrected chi connectivity index (χ2v) is 5.94. The van der Waals surface area contributed by atoms with Crippen molar-refractivity contribution in [3.05, 3.63) is 46.4 Å². The number of benzene rings is 2. The number of rotatable bonds is 2. The van der Waals surface area contributed by atoms with Crippen molar-refractivity contribution < 1.29 is 4.42 Å². The van der Waals surface area contributed by atoms with Crippen LogP contribution in [0.4, 0.5) is 5.69 Å². The van der Waals surface area contributed by atoms with Crippen LogP contribution in [0, 0.1) is 11.3 Å². The van der Waals surface area contributed by atoms with Crippen LogP contribution in [0.5, 0.6) is 0 Å². The van der Waals surface area contributed by atoms with E-state index in [1.807, 2.05) is 18.2 Å². The summed E-state index contributed by atoms with van der Waals surface area (Å²) in [6.07, 6.45) is 0. The molecule has 0 aliphatic carbocycles. The first kappa shape index (κ1) is 13.0. The van der Waals surface area contributed by atoms with Crippen LogP contribution in [-0.4, -0.2) is 4.98 Å². The molecule has 0 radical (unpaired) electrons. The molecule has 0 spiro atoms. The van der Waals surface area contributed by atoms with E-state index in [0.717, 1.165) is 14.9 Å². The summed E-state index contributed by atoms with van der Waals surface area (Å²) in [6, 6.07) is 13.0. The molecule has 2 aromatic carbocycles. The molecule has 0 aliphatic heterocycles. The fourth-order valence-electron chi connectivity index (χ4n) is 1.71. The van der Waals surface area contributed by atoms with Crippen molar-refractivity contribution in [3.63, 3.8) is 0 Å². The molecule has 20 heavy (non-hydrogen) atoms. The second-order valence-electron chi connectivity index (χ2n) is 4.06. The number of nitriles is 1. The lowest BCUT2D eigenvalue weighted by Crippen LogP contribution is -1.81. The zero-order valence-corrected chi connectivity index (χ0v) is 12.5. The third kappa shape index (κ3) is 2.50. The van der Waals surface area contributed by atoms with Gasteiger partial charge in [0.25, 0.3) is 5.22 Å². The first-order chi connectivity index (χ1) is 9.65. The molecular weight excluding hydrogens is 338 g/mol. The third-order valence-corrected chi connectivity index (χ3v) is 4.15. The average molecular weight is 346 g/mol. The maximum atomic E-state index is 8.89.